The van der Waals surface area contributed by atoms with Gasteiger partial charge in [0, 0.05) is 25.5 Å². The molecule has 2 aliphatic heterocycles. The Hall–Kier alpha value is -0.410. The maximum atomic E-state index is 11.7. The summed E-state index contributed by atoms with van der Waals surface area (Å²) in [5.74, 6) is 0.757. The molecule has 2 rings (SSSR count). The average molecular weight is 211 g/mol. The van der Waals surface area contributed by atoms with Crippen LogP contribution in [0.4, 0.5) is 0 Å². The van der Waals surface area contributed by atoms with E-state index in [-0.39, 0.29) is 0 Å². The van der Waals surface area contributed by atoms with Crippen LogP contribution in [-0.2, 0) is 9.53 Å². The predicted octanol–water partition coefficient (Wildman–Crippen LogP) is 1.51. The largest absolute Gasteiger partial charge is 0.378 e. The van der Waals surface area contributed by atoms with E-state index in [1.54, 1.807) is 0 Å². The normalized spacial score (nSPS) is 30.9. The number of hydrogen-bond acceptors (Lipinski definition) is 3. The molecule has 0 aromatic rings. The minimum absolute atomic E-state index is 0.300. The van der Waals surface area contributed by atoms with Gasteiger partial charge in [-0.15, -0.1) is 0 Å². The van der Waals surface area contributed by atoms with Crippen LogP contribution in [0.15, 0.2) is 0 Å². The molecule has 2 heterocycles. The molecule has 0 aromatic heterocycles. The van der Waals surface area contributed by atoms with Crippen molar-refractivity contribution in [3.05, 3.63) is 0 Å². The Balaban J connectivity index is 1.58. The SMILES string of the molecule is O=C(CCCC1CCCO1)C1CCNC1. The zero-order valence-electron chi connectivity index (χ0n) is 9.34. The van der Waals surface area contributed by atoms with Gasteiger partial charge in [0.1, 0.15) is 5.78 Å². The Labute approximate surface area is 91.6 Å². The van der Waals surface area contributed by atoms with Crippen LogP contribution in [0.5, 0.6) is 0 Å². The number of Topliss-reactive ketones (excluding diaryl/α,β-unsaturated/α-hetero) is 1. The summed E-state index contributed by atoms with van der Waals surface area (Å²) in [6.07, 6.45) is 6.72. The second-order valence-electron chi connectivity index (χ2n) is 4.68. The lowest BCUT2D eigenvalue weighted by Gasteiger charge is -2.10. The Morgan fingerprint density at radius 2 is 2.33 bits per heavy atom. The first-order chi connectivity index (χ1) is 7.36. The molecule has 86 valence electrons. The van der Waals surface area contributed by atoms with Gasteiger partial charge in [-0.3, -0.25) is 4.79 Å². The Morgan fingerprint density at radius 1 is 1.40 bits per heavy atom. The third kappa shape index (κ3) is 3.28. The van der Waals surface area contributed by atoms with Gasteiger partial charge in [-0.05, 0) is 38.6 Å². The van der Waals surface area contributed by atoms with Crippen LogP contribution in [0, 0.1) is 5.92 Å². The van der Waals surface area contributed by atoms with E-state index in [0.29, 0.717) is 17.8 Å². The minimum atomic E-state index is 0.300. The number of carbonyl (C=O) groups excluding carboxylic acids is 1. The van der Waals surface area contributed by atoms with Crippen LogP contribution in [0.3, 0.4) is 0 Å². The third-order valence-electron chi connectivity index (χ3n) is 3.49. The molecule has 2 fully saturated rings. The van der Waals surface area contributed by atoms with E-state index in [2.05, 4.69) is 5.32 Å². The number of ether oxygens (including phenoxy) is 1. The second-order valence-corrected chi connectivity index (χ2v) is 4.68. The average Bonchev–Trinajstić information content (AvgIpc) is 2.90. The Bertz CT molecular complexity index is 206. The molecule has 0 aromatic carbocycles. The summed E-state index contributed by atoms with van der Waals surface area (Å²) in [4.78, 5) is 11.7. The van der Waals surface area contributed by atoms with Gasteiger partial charge in [0.15, 0.2) is 0 Å². The summed E-state index contributed by atoms with van der Waals surface area (Å²) in [5, 5.41) is 3.24. The van der Waals surface area contributed by atoms with E-state index in [4.69, 9.17) is 4.74 Å². The number of carbonyl (C=O) groups is 1. The number of hydrogen-bond donors (Lipinski definition) is 1. The van der Waals surface area contributed by atoms with Crippen LogP contribution in [0.1, 0.15) is 38.5 Å². The van der Waals surface area contributed by atoms with Gasteiger partial charge in [-0.1, -0.05) is 0 Å². The maximum Gasteiger partial charge on any atom is 0.137 e. The molecular formula is C12H21NO2. The van der Waals surface area contributed by atoms with E-state index in [0.717, 1.165) is 45.4 Å². The highest BCUT2D eigenvalue weighted by molar-refractivity contribution is 5.81. The number of nitrogens with one attached hydrogen (secondary N) is 1. The summed E-state index contributed by atoms with van der Waals surface area (Å²) < 4.78 is 5.54. The molecule has 2 saturated heterocycles. The van der Waals surface area contributed by atoms with Gasteiger partial charge in [0.2, 0.25) is 0 Å². The van der Waals surface area contributed by atoms with Crippen LogP contribution >= 0.6 is 0 Å². The van der Waals surface area contributed by atoms with E-state index < -0.39 is 0 Å². The van der Waals surface area contributed by atoms with E-state index in [9.17, 15) is 4.79 Å². The van der Waals surface area contributed by atoms with Crippen molar-refractivity contribution >= 4 is 5.78 Å². The molecule has 2 unspecified atom stereocenters. The standard InChI is InChI=1S/C12H21NO2/c14-12(10-6-7-13-9-10)5-1-3-11-4-2-8-15-11/h10-11,13H,1-9H2. The summed E-state index contributed by atoms with van der Waals surface area (Å²) in [6, 6.07) is 0. The highest BCUT2D eigenvalue weighted by Gasteiger charge is 2.22. The van der Waals surface area contributed by atoms with Crippen molar-refractivity contribution in [2.75, 3.05) is 19.7 Å². The molecule has 0 bridgehead atoms. The lowest BCUT2D eigenvalue weighted by molar-refractivity contribution is -0.122. The van der Waals surface area contributed by atoms with E-state index >= 15 is 0 Å². The van der Waals surface area contributed by atoms with Gasteiger partial charge >= 0.3 is 0 Å². The molecule has 0 saturated carbocycles. The van der Waals surface area contributed by atoms with Crippen molar-refractivity contribution in [1.82, 2.24) is 5.32 Å². The first-order valence-corrected chi connectivity index (χ1v) is 6.21. The molecule has 2 aliphatic rings. The fourth-order valence-electron chi connectivity index (χ4n) is 2.51. The molecule has 2 atom stereocenters. The van der Waals surface area contributed by atoms with Crippen molar-refractivity contribution in [3.8, 4) is 0 Å². The van der Waals surface area contributed by atoms with Crippen LogP contribution in [-0.4, -0.2) is 31.6 Å². The molecule has 0 aliphatic carbocycles. The molecule has 0 amide bonds. The fraction of sp³-hybridized carbons (Fsp3) is 0.917. The summed E-state index contributed by atoms with van der Waals surface area (Å²) >= 11 is 0. The lowest BCUT2D eigenvalue weighted by Crippen LogP contribution is -2.18. The van der Waals surface area contributed by atoms with E-state index in [1.165, 1.54) is 12.8 Å². The van der Waals surface area contributed by atoms with Crippen LogP contribution < -0.4 is 5.32 Å². The highest BCUT2D eigenvalue weighted by atomic mass is 16.5. The molecule has 0 radical (unpaired) electrons. The monoisotopic (exact) mass is 211 g/mol. The zero-order valence-corrected chi connectivity index (χ0v) is 9.34. The van der Waals surface area contributed by atoms with Crippen molar-refractivity contribution < 1.29 is 9.53 Å². The topological polar surface area (TPSA) is 38.3 Å². The molecule has 3 nitrogen and oxygen atoms in total. The predicted molar refractivity (Wildman–Crippen MR) is 58.8 cm³/mol. The van der Waals surface area contributed by atoms with Gasteiger partial charge in [0.25, 0.3) is 0 Å². The first-order valence-electron chi connectivity index (χ1n) is 6.21. The van der Waals surface area contributed by atoms with Gasteiger partial charge in [-0.2, -0.15) is 0 Å². The third-order valence-corrected chi connectivity index (χ3v) is 3.49. The van der Waals surface area contributed by atoms with Gasteiger partial charge in [-0.25, -0.2) is 0 Å². The van der Waals surface area contributed by atoms with Crippen LogP contribution in [0.2, 0.25) is 0 Å². The molecule has 0 spiro atoms. The smallest absolute Gasteiger partial charge is 0.137 e. The van der Waals surface area contributed by atoms with E-state index in [1.807, 2.05) is 0 Å². The minimum Gasteiger partial charge on any atom is -0.378 e. The van der Waals surface area contributed by atoms with Crippen molar-refractivity contribution in [2.45, 2.75) is 44.6 Å². The summed E-state index contributed by atoms with van der Waals surface area (Å²) in [6.45, 7) is 2.84. The van der Waals surface area contributed by atoms with Gasteiger partial charge < -0.3 is 10.1 Å². The van der Waals surface area contributed by atoms with Crippen molar-refractivity contribution in [2.24, 2.45) is 5.92 Å². The first kappa shape index (κ1) is 11.1. The van der Waals surface area contributed by atoms with Crippen molar-refractivity contribution in [1.29, 1.82) is 0 Å². The Morgan fingerprint density at radius 3 is 3.00 bits per heavy atom. The summed E-state index contributed by atoms with van der Waals surface area (Å²) in [5.41, 5.74) is 0. The van der Waals surface area contributed by atoms with Crippen molar-refractivity contribution in [3.63, 3.8) is 0 Å². The Kier molecular flexibility index (Phi) is 4.15. The van der Waals surface area contributed by atoms with Gasteiger partial charge in [0.05, 0.1) is 6.10 Å². The van der Waals surface area contributed by atoms with Crippen LogP contribution in [0.25, 0.3) is 0 Å². The number of rotatable bonds is 5. The molecule has 3 heteroatoms. The summed E-state index contributed by atoms with van der Waals surface area (Å²) in [7, 11) is 0. The highest BCUT2D eigenvalue weighted by Crippen LogP contribution is 2.19. The fourth-order valence-corrected chi connectivity index (χ4v) is 2.51. The molecular weight excluding hydrogens is 190 g/mol. The number of ketones is 1. The quantitative estimate of drug-likeness (QED) is 0.749. The zero-order chi connectivity index (χ0) is 10.5. The molecule has 1 N–H and O–H groups in total. The second kappa shape index (κ2) is 5.61. The molecule has 15 heavy (non-hydrogen) atoms. The maximum absolute atomic E-state index is 11.7. The lowest BCUT2D eigenvalue weighted by atomic mass is 9.98.